The van der Waals surface area contributed by atoms with Crippen molar-refractivity contribution in [3.63, 3.8) is 0 Å². The van der Waals surface area contributed by atoms with E-state index in [-0.39, 0.29) is 0 Å². The SMILES string of the molecule is CCOc1ccc(Cc2cc([C@@H]3O[C@H](C=NC)[C@@H](O)[C@H](O)[C@H]3O)ccc2Cl)cc1. The van der Waals surface area contributed by atoms with Crippen LogP contribution in [0, 0.1) is 0 Å². The van der Waals surface area contributed by atoms with Crippen LogP contribution in [-0.4, -0.2) is 59.6 Å². The molecule has 1 heterocycles. The minimum Gasteiger partial charge on any atom is -0.494 e. The molecule has 156 valence electrons. The van der Waals surface area contributed by atoms with E-state index in [4.69, 9.17) is 21.1 Å². The standard InChI is InChI=1S/C22H26ClNO5/c1-3-28-16-7-4-13(5-8-16)10-15-11-14(6-9-17(15)23)22-21(27)20(26)19(25)18(29-22)12-24-2/h4-9,11-12,18-22,25-27H,3,10H2,1-2H3/t18-,19-,20+,21-,22+/m1/s1. The van der Waals surface area contributed by atoms with Gasteiger partial charge < -0.3 is 24.8 Å². The Morgan fingerprint density at radius 1 is 1.07 bits per heavy atom. The highest BCUT2D eigenvalue weighted by Crippen LogP contribution is 2.34. The summed E-state index contributed by atoms with van der Waals surface area (Å²) < 4.78 is 11.3. The summed E-state index contributed by atoms with van der Waals surface area (Å²) in [6.07, 6.45) is -3.48. The minimum atomic E-state index is -1.35. The van der Waals surface area contributed by atoms with Gasteiger partial charge in [-0.25, -0.2) is 0 Å². The van der Waals surface area contributed by atoms with Gasteiger partial charge in [-0.05, 0) is 48.2 Å². The normalized spacial score (nSPS) is 27.3. The van der Waals surface area contributed by atoms with Gasteiger partial charge in [-0.3, -0.25) is 4.99 Å². The molecule has 0 amide bonds. The zero-order valence-electron chi connectivity index (χ0n) is 16.4. The Labute approximate surface area is 175 Å². The van der Waals surface area contributed by atoms with Crippen LogP contribution in [0.15, 0.2) is 47.5 Å². The molecule has 2 aromatic carbocycles. The van der Waals surface area contributed by atoms with Crippen molar-refractivity contribution in [1.82, 2.24) is 0 Å². The fourth-order valence-electron chi connectivity index (χ4n) is 3.45. The van der Waals surface area contributed by atoms with E-state index in [1.54, 1.807) is 19.2 Å². The molecule has 29 heavy (non-hydrogen) atoms. The van der Waals surface area contributed by atoms with E-state index in [0.717, 1.165) is 16.9 Å². The first-order chi connectivity index (χ1) is 13.9. The Balaban J connectivity index is 1.84. The van der Waals surface area contributed by atoms with E-state index < -0.39 is 30.5 Å². The molecular formula is C22H26ClNO5. The lowest BCUT2D eigenvalue weighted by atomic mass is 9.90. The number of aliphatic hydroxyl groups excluding tert-OH is 3. The first-order valence-corrected chi connectivity index (χ1v) is 9.94. The Hall–Kier alpha value is -1.96. The summed E-state index contributed by atoms with van der Waals surface area (Å²) in [4.78, 5) is 3.87. The van der Waals surface area contributed by atoms with Crippen molar-refractivity contribution in [3.05, 3.63) is 64.2 Å². The summed E-state index contributed by atoms with van der Waals surface area (Å²) in [5.74, 6) is 0.811. The minimum absolute atomic E-state index is 0.590. The molecule has 5 atom stereocenters. The predicted molar refractivity (Wildman–Crippen MR) is 112 cm³/mol. The van der Waals surface area contributed by atoms with Gasteiger partial charge in [-0.2, -0.15) is 0 Å². The number of halogens is 1. The average Bonchev–Trinajstić information content (AvgIpc) is 2.72. The molecule has 1 saturated heterocycles. The van der Waals surface area contributed by atoms with Gasteiger partial charge in [0.25, 0.3) is 0 Å². The molecule has 1 fully saturated rings. The van der Waals surface area contributed by atoms with Crippen molar-refractivity contribution in [1.29, 1.82) is 0 Å². The molecule has 0 saturated carbocycles. The van der Waals surface area contributed by atoms with Crippen LogP contribution in [-0.2, 0) is 11.2 Å². The zero-order chi connectivity index (χ0) is 21.0. The van der Waals surface area contributed by atoms with Crippen molar-refractivity contribution < 1.29 is 24.8 Å². The van der Waals surface area contributed by atoms with Gasteiger partial charge in [0.2, 0.25) is 0 Å². The number of aliphatic imine (C=N–C) groups is 1. The number of benzene rings is 2. The maximum absolute atomic E-state index is 10.5. The van der Waals surface area contributed by atoms with Crippen molar-refractivity contribution >= 4 is 17.8 Å². The number of rotatable bonds is 6. The molecule has 0 unspecified atom stereocenters. The summed E-state index contributed by atoms with van der Waals surface area (Å²) in [6.45, 7) is 2.55. The zero-order valence-corrected chi connectivity index (χ0v) is 17.2. The predicted octanol–water partition coefficient (Wildman–Crippen LogP) is 2.55. The first-order valence-electron chi connectivity index (χ1n) is 9.56. The lowest BCUT2D eigenvalue weighted by molar-refractivity contribution is -0.205. The second kappa shape index (κ2) is 9.69. The topological polar surface area (TPSA) is 91.5 Å². The maximum Gasteiger partial charge on any atom is 0.122 e. The van der Waals surface area contributed by atoms with Crippen LogP contribution in [0.1, 0.15) is 29.7 Å². The lowest BCUT2D eigenvalue weighted by Crippen LogP contribution is -2.54. The van der Waals surface area contributed by atoms with Crippen molar-refractivity contribution in [2.24, 2.45) is 4.99 Å². The van der Waals surface area contributed by atoms with E-state index in [1.165, 1.54) is 6.21 Å². The number of ether oxygens (including phenoxy) is 2. The van der Waals surface area contributed by atoms with Gasteiger partial charge >= 0.3 is 0 Å². The molecule has 3 rings (SSSR count). The number of nitrogens with zero attached hydrogens (tertiary/aromatic N) is 1. The molecular weight excluding hydrogens is 394 g/mol. The molecule has 0 spiro atoms. The average molecular weight is 420 g/mol. The second-order valence-corrected chi connectivity index (χ2v) is 7.41. The second-order valence-electron chi connectivity index (χ2n) is 7.00. The van der Waals surface area contributed by atoms with Gasteiger partial charge in [-0.15, -0.1) is 0 Å². The quantitative estimate of drug-likeness (QED) is 0.626. The van der Waals surface area contributed by atoms with Crippen molar-refractivity contribution in [2.45, 2.75) is 43.9 Å². The summed E-state index contributed by atoms with van der Waals surface area (Å²) in [5, 5.41) is 31.4. The molecule has 1 aliphatic rings. The summed E-state index contributed by atoms with van der Waals surface area (Å²) in [7, 11) is 1.56. The van der Waals surface area contributed by atoms with E-state index in [0.29, 0.717) is 23.6 Å². The highest BCUT2D eigenvalue weighted by Gasteiger charge is 2.43. The van der Waals surface area contributed by atoms with Crippen LogP contribution in [0.3, 0.4) is 0 Å². The molecule has 2 aromatic rings. The van der Waals surface area contributed by atoms with Crippen LogP contribution >= 0.6 is 11.6 Å². The monoisotopic (exact) mass is 419 g/mol. The summed E-state index contributed by atoms with van der Waals surface area (Å²) in [6, 6.07) is 13.1. The number of hydrogen-bond donors (Lipinski definition) is 3. The molecule has 6 nitrogen and oxygen atoms in total. The molecule has 3 N–H and O–H groups in total. The largest absolute Gasteiger partial charge is 0.494 e. The Morgan fingerprint density at radius 2 is 1.79 bits per heavy atom. The highest BCUT2D eigenvalue weighted by molar-refractivity contribution is 6.31. The van der Waals surface area contributed by atoms with E-state index in [9.17, 15) is 15.3 Å². The lowest BCUT2D eigenvalue weighted by Gasteiger charge is -2.39. The van der Waals surface area contributed by atoms with Gasteiger partial charge in [0.1, 0.15) is 36.3 Å². The van der Waals surface area contributed by atoms with Crippen LogP contribution in [0.4, 0.5) is 0 Å². The Bertz CT molecular complexity index is 842. The highest BCUT2D eigenvalue weighted by atomic mass is 35.5. The molecule has 0 aliphatic carbocycles. The van der Waals surface area contributed by atoms with Crippen LogP contribution in [0.25, 0.3) is 0 Å². The van der Waals surface area contributed by atoms with Gasteiger partial charge in [0, 0.05) is 18.3 Å². The molecule has 0 bridgehead atoms. The third kappa shape index (κ3) is 4.97. The summed E-state index contributed by atoms with van der Waals surface area (Å²) in [5.41, 5.74) is 2.60. The van der Waals surface area contributed by atoms with Crippen molar-refractivity contribution in [2.75, 3.05) is 13.7 Å². The van der Waals surface area contributed by atoms with Crippen LogP contribution in [0.5, 0.6) is 5.75 Å². The Morgan fingerprint density at radius 3 is 2.45 bits per heavy atom. The first kappa shape index (κ1) is 21.7. The molecule has 1 aliphatic heterocycles. The fourth-order valence-corrected chi connectivity index (χ4v) is 3.63. The van der Waals surface area contributed by atoms with Crippen molar-refractivity contribution in [3.8, 4) is 5.75 Å². The molecule has 0 aromatic heterocycles. The van der Waals surface area contributed by atoms with E-state index in [1.807, 2.05) is 37.3 Å². The Kier molecular flexibility index (Phi) is 7.27. The van der Waals surface area contributed by atoms with Gasteiger partial charge in [0.15, 0.2) is 0 Å². The maximum atomic E-state index is 10.5. The smallest absolute Gasteiger partial charge is 0.122 e. The fraction of sp³-hybridized carbons (Fsp3) is 0.409. The molecule has 0 radical (unpaired) electrons. The number of hydrogen-bond acceptors (Lipinski definition) is 6. The molecule has 7 heteroatoms. The summed E-state index contributed by atoms with van der Waals surface area (Å²) >= 11 is 6.39. The van der Waals surface area contributed by atoms with Crippen LogP contribution < -0.4 is 4.74 Å². The van der Waals surface area contributed by atoms with Crippen LogP contribution in [0.2, 0.25) is 5.02 Å². The third-order valence-electron chi connectivity index (χ3n) is 4.97. The third-order valence-corrected chi connectivity index (χ3v) is 5.34. The van der Waals surface area contributed by atoms with E-state index >= 15 is 0 Å². The van der Waals surface area contributed by atoms with E-state index in [2.05, 4.69) is 4.99 Å². The van der Waals surface area contributed by atoms with Gasteiger partial charge in [0.05, 0.1) is 6.61 Å². The number of aliphatic hydroxyl groups is 3. The van der Waals surface area contributed by atoms with Gasteiger partial charge in [-0.1, -0.05) is 35.9 Å².